The Balaban J connectivity index is 2.13. The Morgan fingerprint density at radius 2 is 2.00 bits per heavy atom. The predicted molar refractivity (Wildman–Crippen MR) is 92.8 cm³/mol. The maximum Gasteiger partial charge on any atom is 0.282 e. The van der Waals surface area contributed by atoms with Crippen molar-refractivity contribution < 1.29 is 10.2 Å². The van der Waals surface area contributed by atoms with Gasteiger partial charge < -0.3 is 10.2 Å². The van der Waals surface area contributed by atoms with Crippen LogP contribution in [0.2, 0.25) is 0 Å². The molecule has 0 unspecified atom stereocenters. The summed E-state index contributed by atoms with van der Waals surface area (Å²) in [5, 5.41) is 23.9. The summed E-state index contributed by atoms with van der Waals surface area (Å²) in [7, 11) is 0. The molecule has 0 amide bonds. The molecule has 2 aromatic carbocycles. The van der Waals surface area contributed by atoms with Crippen LogP contribution in [0.3, 0.4) is 0 Å². The Kier molecular flexibility index (Phi) is 4.29. The van der Waals surface area contributed by atoms with Gasteiger partial charge in [-0.1, -0.05) is 19.1 Å². The SMILES string of the molecule is CCCc1nc2ccccc2c(=O)n1/N=C\c1ccc(O)cc1O. The molecule has 0 aliphatic carbocycles. The van der Waals surface area contributed by atoms with Gasteiger partial charge in [0.05, 0.1) is 17.1 Å². The highest BCUT2D eigenvalue weighted by molar-refractivity contribution is 5.84. The van der Waals surface area contributed by atoms with Crippen molar-refractivity contribution in [1.29, 1.82) is 0 Å². The minimum Gasteiger partial charge on any atom is -0.508 e. The molecular weight excluding hydrogens is 306 g/mol. The number of hydrogen-bond acceptors (Lipinski definition) is 5. The first-order chi connectivity index (χ1) is 11.6. The largest absolute Gasteiger partial charge is 0.508 e. The first-order valence-electron chi connectivity index (χ1n) is 7.67. The topological polar surface area (TPSA) is 87.7 Å². The van der Waals surface area contributed by atoms with Crippen molar-refractivity contribution >= 4 is 17.1 Å². The van der Waals surface area contributed by atoms with Crippen LogP contribution >= 0.6 is 0 Å². The smallest absolute Gasteiger partial charge is 0.282 e. The molecule has 1 heterocycles. The van der Waals surface area contributed by atoms with Crippen molar-refractivity contribution in [3.8, 4) is 11.5 Å². The van der Waals surface area contributed by atoms with Crippen LogP contribution in [0, 0.1) is 0 Å². The van der Waals surface area contributed by atoms with E-state index in [0.29, 0.717) is 28.7 Å². The summed E-state index contributed by atoms with van der Waals surface area (Å²) in [4.78, 5) is 17.2. The average Bonchev–Trinajstić information content (AvgIpc) is 2.56. The number of fused-ring (bicyclic) bond motifs is 1. The van der Waals surface area contributed by atoms with Crippen LogP contribution in [0.25, 0.3) is 10.9 Å². The van der Waals surface area contributed by atoms with Crippen molar-refractivity contribution in [2.24, 2.45) is 5.10 Å². The maximum atomic E-state index is 12.7. The van der Waals surface area contributed by atoms with Crippen molar-refractivity contribution in [1.82, 2.24) is 9.66 Å². The first kappa shape index (κ1) is 15.7. The molecule has 0 fully saturated rings. The van der Waals surface area contributed by atoms with Crippen molar-refractivity contribution in [2.75, 3.05) is 0 Å². The number of para-hydroxylation sites is 1. The van der Waals surface area contributed by atoms with E-state index in [9.17, 15) is 15.0 Å². The summed E-state index contributed by atoms with van der Waals surface area (Å²) >= 11 is 0. The second-order valence-electron chi connectivity index (χ2n) is 5.40. The van der Waals surface area contributed by atoms with Crippen LogP contribution in [-0.4, -0.2) is 26.1 Å². The fourth-order valence-corrected chi connectivity index (χ4v) is 2.44. The van der Waals surface area contributed by atoms with Gasteiger partial charge in [0.25, 0.3) is 5.56 Å². The molecule has 0 aliphatic rings. The molecule has 6 heteroatoms. The zero-order valence-corrected chi connectivity index (χ0v) is 13.2. The molecule has 122 valence electrons. The summed E-state index contributed by atoms with van der Waals surface area (Å²) in [6, 6.07) is 11.3. The number of hydrogen-bond donors (Lipinski definition) is 2. The van der Waals surface area contributed by atoms with E-state index in [2.05, 4.69) is 10.1 Å². The van der Waals surface area contributed by atoms with Gasteiger partial charge in [-0.25, -0.2) is 4.98 Å². The molecule has 3 rings (SSSR count). The van der Waals surface area contributed by atoms with E-state index in [-0.39, 0.29) is 17.1 Å². The lowest BCUT2D eigenvalue weighted by molar-refractivity contribution is 0.450. The number of aryl methyl sites for hydroxylation is 1. The number of benzene rings is 2. The van der Waals surface area contributed by atoms with Crippen LogP contribution in [0.4, 0.5) is 0 Å². The molecule has 2 N–H and O–H groups in total. The van der Waals surface area contributed by atoms with Gasteiger partial charge in [0.2, 0.25) is 0 Å². The van der Waals surface area contributed by atoms with E-state index in [1.807, 2.05) is 13.0 Å². The van der Waals surface area contributed by atoms with Gasteiger partial charge in [0, 0.05) is 18.1 Å². The normalized spacial score (nSPS) is 11.4. The first-order valence-corrected chi connectivity index (χ1v) is 7.67. The minimum atomic E-state index is -0.251. The Morgan fingerprint density at radius 1 is 1.21 bits per heavy atom. The lowest BCUT2D eigenvalue weighted by atomic mass is 10.2. The van der Waals surface area contributed by atoms with E-state index in [1.54, 1.807) is 18.2 Å². The van der Waals surface area contributed by atoms with E-state index in [0.717, 1.165) is 6.42 Å². The van der Waals surface area contributed by atoms with Crippen molar-refractivity contribution in [3.63, 3.8) is 0 Å². The highest BCUT2D eigenvalue weighted by Crippen LogP contribution is 2.21. The zero-order chi connectivity index (χ0) is 17.1. The van der Waals surface area contributed by atoms with E-state index in [1.165, 1.54) is 29.1 Å². The Hall–Kier alpha value is -3.15. The fourth-order valence-electron chi connectivity index (χ4n) is 2.44. The summed E-state index contributed by atoms with van der Waals surface area (Å²) in [6.45, 7) is 2.00. The lowest BCUT2D eigenvalue weighted by Gasteiger charge is -2.08. The molecule has 1 aromatic heterocycles. The summed E-state index contributed by atoms with van der Waals surface area (Å²) in [5.74, 6) is 0.411. The van der Waals surface area contributed by atoms with E-state index in [4.69, 9.17) is 0 Å². The molecule has 24 heavy (non-hydrogen) atoms. The van der Waals surface area contributed by atoms with Crippen LogP contribution in [0.1, 0.15) is 24.7 Å². The zero-order valence-electron chi connectivity index (χ0n) is 13.2. The highest BCUT2D eigenvalue weighted by atomic mass is 16.3. The lowest BCUT2D eigenvalue weighted by Crippen LogP contribution is -2.22. The summed E-state index contributed by atoms with van der Waals surface area (Å²) < 4.78 is 1.26. The number of aromatic hydroxyl groups is 2. The van der Waals surface area contributed by atoms with Crippen LogP contribution in [0.15, 0.2) is 52.4 Å². The molecule has 0 bridgehead atoms. The Labute approximate surface area is 138 Å². The van der Waals surface area contributed by atoms with E-state index >= 15 is 0 Å². The summed E-state index contributed by atoms with van der Waals surface area (Å²) in [5.41, 5.74) is 0.791. The fraction of sp³-hybridized carbons (Fsp3) is 0.167. The van der Waals surface area contributed by atoms with Crippen molar-refractivity contribution in [2.45, 2.75) is 19.8 Å². The molecular formula is C18H17N3O3. The number of phenols is 2. The molecule has 3 aromatic rings. The molecule has 0 saturated carbocycles. The summed E-state index contributed by atoms with van der Waals surface area (Å²) in [6.07, 6.45) is 2.82. The molecule has 0 aliphatic heterocycles. The molecule has 6 nitrogen and oxygen atoms in total. The quantitative estimate of drug-likeness (QED) is 0.723. The standard InChI is InChI=1S/C18H17N3O3/c1-2-5-17-20-15-7-4-3-6-14(15)18(24)21(17)19-11-12-8-9-13(22)10-16(12)23/h3-4,6-11,22-23H,2,5H2,1H3/b19-11-. The number of rotatable bonds is 4. The van der Waals surface area contributed by atoms with Gasteiger partial charge in [0.15, 0.2) is 0 Å². The third kappa shape index (κ3) is 2.99. The van der Waals surface area contributed by atoms with Crippen LogP contribution < -0.4 is 5.56 Å². The third-order valence-electron chi connectivity index (χ3n) is 3.62. The van der Waals surface area contributed by atoms with Crippen LogP contribution in [0.5, 0.6) is 11.5 Å². The third-order valence-corrected chi connectivity index (χ3v) is 3.62. The number of phenolic OH excluding ortho intramolecular Hbond substituents is 2. The van der Waals surface area contributed by atoms with Gasteiger partial charge >= 0.3 is 0 Å². The van der Waals surface area contributed by atoms with Gasteiger partial charge in [-0.05, 0) is 30.7 Å². The molecule has 0 spiro atoms. The second-order valence-corrected chi connectivity index (χ2v) is 5.40. The highest BCUT2D eigenvalue weighted by Gasteiger charge is 2.09. The monoisotopic (exact) mass is 323 g/mol. The number of nitrogens with zero attached hydrogens (tertiary/aromatic N) is 3. The average molecular weight is 323 g/mol. The van der Waals surface area contributed by atoms with E-state index < -0.39 is 0 Å². The molecule has 0 atom stereocenters. The van der Waals surface area contributed by atoms with Gasteiger partial charge in [0.1, 0.15) is 17.3 Å². The maximum absolute atomic E-state index is 12.7. The van der Waals surface area contributed by atoms with Crippen LogP contribution in [-0.2, 0) is 6.42 Å². The Morgan fingerprint density at radius 3 is 2.75 bits per heavy atom. The predicted octanol–water partition coefficient (Wildman–Crippen LogP) is 2.64. The minimum absolute atomic E-state index is 0.0409. The Bertz CT molecular complexity index is 977. The molecule has 0 radical (unpaired) electrons. The van der Waals surface area contributed by atoms with Gasteiger partial charge in [-0.3, -0.25) is 4.79 Å². The van der Waals surface area contributed by atoms with Gasteiger partial charge in [-0.15, -0.1) is 0 Å². The van der Waals surface area contributed by atoms with Crippen molar-refractivity contribution in [3.05, 3.63) is 64.2 Å². The second kappa shape index (κ2) is 6.54. The number of aromatic nitrogens is 2. The molecule has 0 saturated heterocycles. The van der Waals surface area contributed by atoms with Gasteiger partial charge in [-0.2, -0.15) is 9.78 Å².